The second kappa shape index (κ2) is 9.11. The summed E-state index contributed by atoms with van der Waals surface area (Å²) in [5.41, 5.74) is 3.63. The molecule has 11 heteroatoms. The fraction of sp³-hybridized carbons (Fsp3) is 0.467. The van der Waals surface area contributed by atoms with Crippen molar-refractivity contribution in [3.8, 4) is 17.2 Å². The van der Waals surface area contributed by atoms with Gasteiger partial charge in [0.25, 0.3) is 0 Å². The van der Waals surface area contributed by atoms with Crippen LogP contribution in [0.5, 0.6) is 5.75 Å². The number of halogens is 4. The van der Waals surface area contributed by atoms with E-state index in [9.17, 15) is 25.3 Å². The van der Waals surface area contributed by atoms with Gasteiger partial charge < -0.3 is 17.1 Å². The molecule has 140 valence electrons. The van der Waals surface area contributed by atoms with Gasteiger partial charge in [-0.15, -0.1) is 5.54 Å². The van der Waals surface area contributed by atoms with E-state index in [2.05, 4.69) is 15.6 Å². The summed E-state index contributed by atoms with van der Waals surface area (Å²) in [5.74, 6) is 2.43. The average molecular weight is 434 g/mol. The summed E-state index contributed by atoms with van der Waals surface area (Å²) in [6.07, 6.45) is -1.22. The standard InChI is InChI=1S/C15H20BF4O3SSi.K/c1-10-13(7-8-25(4,5)6)11(2)15(23-24(20,21)22)12(3)14(10)9-16(17,18)19;/h9H2,1-6H3;/q-1;+1. The van der Waals surface area contributed by atoms with Gasteiger partial charge in [0, 0.05) is 11.1 Å². The maximum atomic E-state index is 13.0. The Labute approximate surface area is 196 Å². The Morgan fingerprint density at radius 2 is 1.54 bits per heavy atom. The van der Waals surface area contributed by atoms with Crippen molar-refractivity contribution in [1.29, 1.82) is 0 Å². The third-order valence-corrected chi connectivity index (χ3v) is 4.76. The van der Waals surface area contributed by atoms with Crippen LogP contribution >= 0.6 is 0 Å². The summed E-state index contributed by atoms with van der Waals surface area (Å²) >= 11 is 0. The van der Waals surface area contributed by atoms with Crippen LogP contribution in [0.4, 0.5) is 16.8 Å². The van der Waals surface area contributed by atoms with E-state index in [1.54, 1.807) is 0 Å². The molecule has 1 aromatic carbocycles. The van der Waals surface area contributed by atoms with E-state index < -0.39 is 37.6 Å². The summed E-state index contributed by atoms with van der Waals surface area (Å²) in [6.45, 7) is 4.95. The first-order valence-electron chi connectivity index (χ1n) is 7.52. The minimum Gasteiger partial charge on any atom is -0.449 e. The largest absolute Gasteiger partial charge is 1.00 e. The van der Waals surface area contributed by atoms with Gasteiger partial charge in [0.05, 0.1) is 0 Å². The van der Waals surface area contributed by atoms with Gasteiger partial charge in [-0.25, -0.2) is 0 Å². The quantitative estimate of drug-likeness (QED) is 0.311. The number of benzene rings is 1. The monoisotopic (exact) mass is 434 g/mol. The van der Waals surface area contributed by atoms with Gasteiger partial charge in [0.2, 0.25) is 0 Å². The topological polar surface area (TPSA) is 43.4 Å². The van der Waals surface area contributed by atoms with Crippen molar-refractivity contribution in [1.82, 2.24) is 0 Å². The van der Waals surface area contributed by atoms with Crippen LogP contribution in [0.1, 0.15) is 27.8 Å². The van der Waals surface area contributed by atoms with Crippen molar-refractivity contribution in [2.24, 2.45) is 0 Å². The maximum Gasteiger partial charge on any atom is 1.00 e. The summed E-state index contributed by atoms with van der Waals surface area (Å²) in [7, 11) is -7.21. The Hall–Kier alpha value is 0.168. The average Bonchev–Trinajstić information content (AvgIpc) is 2.36. The minimum absolute atomic E-state index is 0. The van der Waals surface area contributed by atoms with Gasteiger partial charge in [0.15, 0.2) is 5.75 Å². The summed E-state index contributed by atoms with van der Waals surface area (Å²) in [6, 6.07) is 0. The molecule has 0 saturated heterocycles. The molecule has 0 aromatic heterocycles. The zero-order chi connectivity index (χ0) is 19.8. The molecular weight excluding hydrogens is 414 g/mol. The fourth-order valence-corrected chi connectivity index (χ4v) is 3.39. The van der Waals surface area contributed by atoms with E-state index >= 15 is 0 Å². The normalized spacial score (nSPS) is 12.1. The van der Waals surface area contributed by atoms with Crippen LogP contribution in [0.2, 0.25) is 19.6 Å². The van der Waals surface area contributed by atoms with Crippen molar-refractivity contribution >= 4 is 25.6 Å². The van der Waals surface area contributed by atoms with Gasteiger partial charge in [-0.3, -0.25) is 0 Å². The molecule has 0 fully saturated rings. The Balaban J connectivity index is 0.00000625. The molecular formula is C15H20BF4KO3SSi. The summed E-state index contributed by atoms with van der Waals surface area (Å²) in [5, 5.41) is 0. The van der Waals surface area contributed by atoms with Crippen LogP contribution in [0.15, 0.2) is 0 Å². The van der Waals surface area contributed by atoms with Crippen LogP contribution in [0.3, 0.4) is 0 Å². The smallest absolute Gasteiger partial charge is 0.449 e. The molecule has 0 aliphatic rings. The van der Waals surface area contributed by atoms with E-state index in [1.165, 1.54) is 20.8 Å². The summed E-state index contributed by atoms with van der Waals surface area (Å²) in [4.78, 5) is 0. The van der Waals surface area contributed by atoms with E-state index in [0.29, 0.717) is 5.56 Å². The number of hydrogen-bond donors (Lipinski definition) is 0. The molecule has 0 bridgehead atoms. The molecule has 0 aliphatic carbocycles. The third-order valence-electron chi connectivity index (χ3n) is 3.52. The first-order valence-corrected chi connectivity index (χ1v) is 12.3. The number of rotatable bonds is 4. The van der Waals surface area contributed by atoms with Crippen molar-refractivity contribution < 1.29 is 80.8 Å². The molecule has 1 aromatic rings. The molecule has 26 heavy (non-hydrogen) atoms. The van der Waals surface area contributed by atoms with Crippen LogP contribution in [-0.4, -0.2) is 23.5 Å². The zero-order valence-electron chi connectivity index (χ0n) is 15.9. The Morgan fingerprint density at radius 3 is 1.92 bits per heavy atom. The third kappa shape index (κ3) is 8.04. The second-order valence-electron chi connectivity index (χ2n) is 6.95. The van der Waals surface area contributed by atoms with Gasteiger partial charge in [0.1, 0.15) is 8.07 Å². The maximum absolute atomic E-state index is 13.0. The van der Waals surface area contributed by atoms with Crippen molar-refractivity contribution in [2.45, 2.75) is 46.7 Å². The molecule has 3 nitrogen and oxygen atoms in total. The molecule has 0 amide bonds. The predicted molar refractivity (Wildman–Crippen MR) is 94.3 cm³/mol. The van der Waals surface area contributed by atoms with Gasteiger partial charge >= 0.3 is 68.9 Å². The van der Waals surface area contributed by atoms with Crippen molar-refractivity contribution in [2.75, 3.05) is 0 Å². The van der Waals surface area contributed by atoms with E-state index in [0.717, 1.165) is 0 Å². The Morgan fingerprint density at radius 1 is 1.04 bits per heavy atom. The summed E-state index contributed by atoms with van der Waals surface area (Å²) < 4.78 is 78.0. The first-order chi connectivity index (χ1) is 11.0. The fourth-order valence-electron chi connectivity index (χ4n) is 2.44. The molecule has 1 rings (SSSR count). The number of hydrogen-bond acceptors (Lipinski definition) is 3. The van der Waals surface area contributed by atoms with Crippen LogP contribution in [-0.2, 0) is 16.8 Å². The Kier molecular flexibility index (Phi) is 9.17. The Bertz CT molecular complexity index is 853. The van der Waals surface area contributed by atoms with E-state index in [-0.39, 0.29) is 73.6 Å². The molecule has 0 unspecified atom stereocenters. The van der Waals surface area contributed by atoms with Crippen LogP contribution < -0.4 is 55.6 Å². The van der Waals surface area contributed by atoms with Crippen molar-refractivity contribution in [3.05, 3.63) is 27.8 Å². The van der Waals surface area contributed by atoms with Gasteiger partial charge in [-0.05, 0) is 31.9 Å². The molecule has 0 N–H and O–H groups in total. The van der Waals surface area contributed by atoms with Gasteiger partial charge in [-0.1, -0.05) is 41.3 Å². The second-order valence-corrected chi connectivity index (χ2v) is 12.7. The van der Waals surface area contributed by atoms with E-state index in [1.807, 2.05) is 19.6 Å². The molecule has 0 atom stereocenters. The van der Waals surface area contributed by atoms with E-state index in [4.69, 9.17) is 0 Å². The van der Waals surface area contributed by atoms with Crippen LogP contribution in [0, 0.1) is 32.2 Å². The molecule has 0 spiro atoms. The van der Waals surface area contributed by atoms with Gasteiger partial charge in [-0.2, -0.15) is 8.42 Å². The SMILES string of the molecule is Cc1c(C#C[Si](C)(C)C)c(C)c(OS(=O)(=O)F)c(C)c1C[B-](F)(F)F.[K+]. The van der Waals surface area contributed by atoms with Crippen LogP contribution in [0.25, 0.3) is 0 Å². The minimum atomic E-state index is -5.37. The molecule has 0 aliphatic heterocycles. The molecule has 0 radical (unpaired) electrons. The first kappa shape index (κ1) is 26.2. The molecule has 0 saturated carbocycles. The van der Waals surface area contributed by atoms with Crippen molar-refractivity contribution in [3.63, 3.8) is 0 Å². The molecule has 0 heterocycles. The zero-order valence-corrected chi connectivity index (χ0v) is 20.9. The predicted octanol–water partition coefficient (Wildman–Crippen LogP) is 1.37.